The lowest BCUT2D eigenvalue weighted by Gasteiger charge is -2.28. The van der Waals surface area contributed by atoms with E-state index in [1.54, 1.807) is 0 Å². The molecule has 0 aliphatic carbocycles. The molecular weight excluding hydrogens is 530 g/mol. The number of hydrogen-bond donors (Lipinski definition) is 5. The number of halogens is 6. The Morgan fingerprint density at radius 3 is 2.24 bits per heavy atom. The van der Waals surface area contributed by atoms with Gasteiger partial charge in [0.15, 0.2) is 29.9 Å². The minimum atomic E-state index is -1.66. The van der Waals surface area contributed by atoms with Crippen molar-refractivity contribution in [1.82, 2.24) is 10.4 Å². The van der Waals surface area contributed by atoms with Crippen LogP contribution in [0.4, 0.5) is 13.2 Å². The van der Waals surface area contributed by atoms with Crippen molar-refractivity contribution in [2.24, 2.45) is 5.73 Å². The number of hydrogen-bond acceptors (Lipinski definition) is 8. The highest BCUT2D eigenvalue weighted by Gasteiger charge is 2.37. The lowest BCUT2D eigenvalue weighted by Crippen LogP contribution is -2.50. The molecule has 7 nitrogen and oxygen atoms in total. The van der Waals surface area contributed by atoms with Crippen molar-refractivity contribution < 1.29 is 33.2 Å². The average molecular weight is 547 g/mol. The van der Waals surface area contributed by atoms with Crippen LogP contribution in [-0.4, -0.2) is 50.9 Å². The molecule has 33 heavy (non-hydrogen) atoms. The molecule has 2 aromatic carbocycles. The molecule has 0 radical (unpaired) electrons. The van der Waals surface area contributed by atoms with Gasteiger partial charge in [-0.1, -0.05) is 46.6 Å². The summed E-state index contributed by atoms with van der Waals surface area (Å²) < 4.78 is 45.9. The molecule has 180 valence electrons. The second-order valence-corrected chi connectivity index (χ2v) is 9.14. The molecule has 1 aliphatic heterocycles. The Morgan fingerprint density at radius 1 is 1.12 bits per heavy atom. The van der Waals surface area contributed by atoms with Gasteiger partial charge in [-0.25, -0.2) is 18.6 Å². The van der Waals surface area contributed by atoms with E-state index in [9.17, 15) is 28.5 Å². The summed E-state index contributed by atoms with van der Waals surface area (Å²) in [5, 5.41) is 32.2. The summed E-state index contributed by atoms with van der Waals surface area (Å²) in [4.78, 5) is 0.465. The van der Waals surface area contributed by atoms with Crippen LogP contribution < -0.4 is 11.2 Å². The first-order valence-electron chi connectivity index (χ1n) is 9.12. The van der Waals surface area contributed by atoms with E-state index >= 15 is 0 Å². The maximum atomic E-state index is 13.5. The van der Waals surface area contributed by atoms with Gasteiger partial charge in [0.05, 0.1) is 27.4 Å². The van der Waals surface area contributed by atoms with E-state index in [0.29, 0.717) is 17.0 Å². The highest BCUT2D eigenvalue weighted by Crippen LogP contribution is 2.37. The van der Waals surface area contributed by atoms with E-state index in [4.69, 9.17) is 45.3 Å². The fourth-order valence-corrected chi connectivity index (χ4v) is 4.56. The topological polar surface area (TPSA) is 111 Å². The first-order chi connectivity index (χ1) is 15.5. The second kappa shape index (κ2) is 10.9. The van der Waals surface area contributed by atoms with Gasteiger partial charge in [-0.3, -0.25) is 5.01 Å². The fraction of sp³-hybridized carbons (Fsp3) is 0.263. The van der Waals surface area contributed by atoms with Crippen LogP contribution >= 0.6 is 46.6 Å². The van der Waals surface area contributed by atoms with Crippen LogP contribution in [0.1, 0.15) is 5.56 Å². The lowest BCUT2D eigenvalue weighted by atomic mass is 10.1. The zero-order valence-corrected chi connectivity index (χ0v) is 19.4. The largest absolute Gasteiger partial charge is 0.397 e. The molecule has 3 rings (SSSR count). The van der Waals surface area contributed by atoms with Crippen molar-refractivity contribution in [1.29, 1.82) is 0 Å². The summed E-state index contributed by atoms with van der Waals surface area (Å²) in [6, 6.07) is 4.30. The summed E-state index contributed by atoms with van der Waals surface area (Å²) >= 11 is 18.9. The molecule has 0 amide bonds. The Bertz CT molecular complexity index is 1020. The first-order valence-corrected chi connectivity index (χ1v) is 11.1. The van der Waals surface area contributed by atoms with E-state index in [0.717, 1.165) is 23.0 Å². The van der Waals surface area contributed by atoms with Gasteiger partial charge in [-0.05, 0) is 24.3 Å². The number of nitrogens with two attached hydrogens (primary N) is 1. The summed E-state index contributed by atoms with van der Waals surface area (Å²) in [7, 11) is 0. The number of nitrogens with zero attached hydrogens (tertiary/aromatic N) is 1. The Balaban J connectivity index is 1.87. The second-order valence-electron chi connectivity index (χ2n) is 6.78. The maximum absolute atomic E-state index is 13.5. The van der Waals surface area contributed by atoms with Crippen LogP contribution in [0.3, 0.4) is 0 Å². The van der Waals surface area contributed by atoms with Crippen LogP contribution in [-0.2, 0) is 4.74 Å². The predicted molar refractivity (Wildman–Crippen MR) is 119 cm³/mol. The standard InChI is InChI=1S/C19H17Cl3F3N3O4S/c20-9-3-8(4-10(21)15(9)22)33-19-17(30)27-28(18(31)14(6-29)32-19)5-13(26)7-1-11(23)16(25)12(24)2-7/h1-5,14,17-19,27,29-31H,6,26H2/b13-5-. The van der Waals surface area contributed by atoms with Gasteiger partial charge >= 0.3 is 0 Å². The number of aliphatic hydroxyl groups excluding tert-OH is 3. The van der Waals surface area contributed by atoms with E-state index in [1.807, 2.05) is 0 Å². The first kappa shape index (κ1) is 26.2. The van der Waals surface area contributed by atoms with Crippen molar-refractivity contribution in [3.63, 3.8) is 0 Å². The molecule has 4 unspecified atom stereocenters. The zero-order chi connectivity index (χ0) is 24.4. The number of nitrogens with one attached hydrogen (secondary N) is 1. The maximum Gasteiger partial charge on any atom is 0.194 e. The highest BCUT2D eigenvalue weighted by molar-refractivity contribution is 7.99. The van der Waals surface area contributed by atoms with Crippen LogP contribution in [0.5, 0.6) is 0 Å². The van der Waals surface area contributed by atoms with Crippen LogP contribution in [0.15, 0.2) is 35.4 Å². The van der Waals surface area contributed by atoms with Gasteiger partial charge in [0.25, 0.3) is 0 Å². The molecule has 1 aliphatic rings. The normalized spacial score (nSPS) is 24.2. The quantitative estimate of drug-likeness (QED) is 0.364. The molecule has 6 N–H and O–H groups in total. The molecule has 0 aromatic heterocycles. The zero-order valence-electron chi connectivity index (χ0n) is 16.4. The molecule has 1 heterocycles. The highest BCUT2D eigenvalue weighted by atomic mass is 35.5. The Labute approximate surface area is 205 Å². The summed E-state index contributed by atoms with van der Waals surface area (Å²) in [6.45, 7) is -0.668. The molecule has 1 fully saturated rings. The molecule has 4 atom stereocenters. The van der Waals surface area contributed by atoms with E-state index < -0.39 is 48.1 Å². The molecule has 0 saturated carbocycles. The molecule has 1 saturated heterocycles. The van der Waals surface area contributed by atoms with Gasteiger partial charge < -0.3 is 25.8 Å². The number of ether oxygens (including phenoxy) is 1. The number of hydrazine groups is 1. The van der Waals surface area contributed by atoms with Gasteiger partial charge in [0, 0.05) is 16.7 Å². The number of rotatable bonds is 5. The van der Waals surface area contributed by atoms with E-state index in [-0.39, 0.29) is 26.3 Å². The minimum absolute atomic E-state index is 0.146. The molecular formula is C19H17Cl3F3N3O4S. The lowest BCUT2D eigenvalue weighted by molar-refractivity contribution is -0.107. The van der Waals surface area contributed by atoms with Crippen LogP contribution in [0, 0.1) is 17.5 Å². The van der Waals surface area contributed by atoms with Gasteiger partial charge in [-0.2, -0.15) is 0 Å². The van der Waals surface area contributed by atoms with Gasteiger partial charge in [0.2, 0.25) is 0 Å². The summed E-state index contributed by atoms with van der Waals surface area (Å²) in [5.41, 5.74) is 6.76. The third-order valence-corrected chi connectivity index (χ3v) is 6.76. The smallest absolute Gasteiger partial charge is 0.194 e. The Hall–Kier alpha value is -1.41. The molecule has 0 bridgehead atoms. The average Bonchev–Trinajstić information content (AvgIpc) is 2.86. The Morgan fingerprint density at radius 2 is 1.70 bits per heavy atom. The molecule has 2 aromatic rings. The van der Waals surface area contributed by atoms with Crippen molar-refractivity contribution >= 4 is 52.3 Å². The van der Waals surface area contributed by atoms with E-state index in [1.165, 1.54) is 12.1 Å². The number of benzene rings is 2. The van der Waals surface area contributed by atoms with Gasteiger partial charge in [0.1, 0.15) is 11.5 Å². The van der Waals surface area contributed by atoms with Crippen molar-refractivity contribution in [3.05, 3.63) is 68.5 Å². The predicted octanol–water partition coefficient (Wildman–Crippen LogP) is 3.27. The Kier molecular flexibility index (Phi) is 8.65. The summed E-state index contributed by atoms with van der Waals surface area (Å²) in [6.07, 6.45) is -3.33. The van der Waals surface area contributed by atoms with Crippen LogP contribution in [0.25, 0.3) is 5.70 Å². The van der Waals surface area contributed by atoms with Gasteiger partial charge in [-0.15, -0.1) is 0 Å². The molecule has 14 heteroatoms. The van der Waals surface area contributed by atoms with Crippen LogP contribution in [0.2, 0.25) is 15.1 Å². The molecule has 0 spiro atoms. The van der Waals surface area contributed by atoms with Crippen molar-refractivity contribution in [3.8, 4) is 0 Å². The number of aliphatic hydroxyl groups is 3. The van der Waals surface area contributed by atoms with E-state index in [2.05, 4.69) is 5.43 Å². The summed E-state index contributed by atoms with van der Waals surface area (Å²) in [5.74, 6) is -4.58. The van der Waals surface area contributed by atoms with Crippen molar-refractivity contribution in [2.75, 3.05) is 6.61 Å². The monoisotopic (exact) mass is 545 g/mol. The minimum Gasteiger partial charge on any atom is -0.397 e. The number of thioether (sulfide) groups is 1. The SMILES string of the molecule is N/C(=C\N1NC(O)C(Sc2cc(Cl)c(Cl)c(Cl)c2)OC(CO)C1O)c1cc(F)c(F)c(F)c1. The fourth-order valence-electron chi connectivity index (χ4n) is 2.81. The third-order valence-electron chi connectivity index (χ3n) is 4.45. The van der Waals surface area contributed by atoms with Crippen molar-refractivity contribution in [2.45, 2.75) is 28.9 Å². The third kappa shape index (κ3) is 5.99.